The third-order valence-electron chi connectivity index (χ3n) is 4.86. The molecule has 0 aromatic carbocycles. The normalized spacial score (nSPS) is 11.2. The van der Waals surface area contributed by atoms with Crippen LogP contribution in [0.2, 0.25) is 0 Å². The molecule has 148 valence electrons. The van der Waals surface area contributed by atoms with Crippen LogP contribution in [0.3, 0.4) is 0 Å². The lowest BCUT2D eigenvalue weighted by atomic mass is 10.1. The van der Waals surface area contributed by atoms with Crippen LogP contribution in [0, 0.1) is 6.92 Å². The predicted octanol–water partition coefficient (Wildman–Crippen LogP) is 3.67. The van der Waals surface area contributed by atoms with Gasteiger partial charge in [-0.1, -0.05) is 19.0 Å². The van der Waals surface area contributed by atoms with E-state index in [-0.39, 0.29) is 0 Å². The highest BCUT2D eigenvalue weighted by Crippen LogP contribution is 2.23. The number of aromatic nitrogens is 4. The Morgan fingerprint density at radius 1 is 1.00 bits per heavy atom. The summed E-state index contributed by atoms with van der Waals surface area (Å²) in [5.74, 6) is 1.10. The molecule has 7 heteroatoms. The van der Waals surface area contributed by atoms with Gasteiger partial charge in [0.15, 0.2) is 0 Å². The summed E-state index contributed by atoms with van der Waals surface area (Å²) in [5, 5.41) is 3.97. The maximum atomic E-state index is 5.06. The van der Waals surface area contributed by atoms with Crippen LogP contribution < -0.4 is 4.90 Å². The number of nitrogens with zero attached hydrogens (tertiary/aromatic N) is 6. The molecule has 3 aromatic rings. The zero-order valence-corrected chi connectivity index (χ0v) is 17.1. The van der Waals surface area contributed by atoms with Gasteiger partial charge in [0.1, 0.15) is 0 Å². The van der Waals surface area contributed by atoms with Gasteiger partial charge in [-0.15, -0.1) is 0 Å². The first kappa shape index (κ1) is 19.9. The third-order valence-corrected chi connectivity index (χ3v) is 4.86. The molecule has 0 unspecified atom stereocenters. The van der Waals surface area contributed by atoms with Gasteiger partial charge in [0.05, 0.1) is 23.3 Å². The first-order valence-corrected chi connectivity index (χ1v) is 9.77. The van der Waals surface area contributed by atoms with Crippen molar-refractivity contribution in [3.8, 4) is 22.8 Å². The van der Waals surface area contributed by atoms with E-state index in [1.54, 1.807) is 13.1 Å². The number of anilines is 1. The molecular formula is C21H28N6O. The molecule has 7 nitrogen and oxygen atoms in total. The fourth-order valence-electron chi connectivity index (χ4n) is 3.09. The van der Waals surface area contributed by atoms with Crippen molar-refractivity contribution in [3.05, 3.63) is 42.5 Å². The van der Waals surface area contributed by atoms with Gasteiger partial charge >= 0.3 is 0 Å². The molecular weight excluding hydrogens is 352 g/mol. The second kappa shape index (κ2) is 9.41. The summed E-state index contributed by atoms with van der Waals surface area (Å²) in [4.78, 5) is 18.0. The zero-order chi connectivity index (χ0) is 19.9. The quantitative estimate of drug-likeness (QED) is 0.561. The van der Waals surface area contributed by atoms with Crippen LogP contribution in [0.15, 0.2) is 41.2 Å². The van der Waals surface area contributed by atoms with E-state index in [0.717, 1.165) is 55.2 Å². The van der Waals surface area contributed by atoms with Crippen molar-refractivity contribution < 1.29 is 4.52 Å². The van der Waals surface area contributed by atoms with Crippen LogP contribution in [0.4, 0.5) is 5.69 Å². The minimum absolute atomic E-state index is 0.542. The molecule has 0 bridgehead atoms. The van der Waals surface area contributed by atoms with E-state index in [0.29, 0.717) is 11.7 Å². The predicted molar refractivity (Wildman–Crippen MR) is 111 cm³/mol. The van der Waals surface area contributed by atoms with Gasteiger partial charge < -0.3 is 14.3 Å². The Morgan fingerprint density at radius 2 is 1.82 bits per heavy atom. The van der Waals surface area contributed by atoms with E-state index in [1.165, 1.54) is 0 Å². The molecule has 0 N–H and O–H groups in total. The Bertz CT molecular complexity index is 873. The lowest BCUT2D eigenvalue weighted by molar-refractivity contribution is 0.301. The van der Waals surface area contributed by atoms with Crippen LogP contribution in [0.25, 0.3) is 22.8 Å². The SMILES string of the molecule is CCN(CC)CCCN(C)c1ccc(-c2cc(-c3noc(C)n3)ccn2)nc1. The van der Waals surface area contributed by atoms with Crippen molar-refractivity contribution in [1.82, 2.24) is 25.0 Å². The molecule has 0 atom stereocenters. The van der Waals surface area contributed by atoms with Crippen LogP contribution in [0.5, 0.6) is 0 Å². The van der Waals surface area contributed by atoms with E-state index in [4.69, 9.17) is 4.52 Å². The molecule has 0 saturated heterocycles. The Morgan fingerprint density at radius 3 is 2.46 bits per heavy atom. The Hall–Kier alpha value is -2.80. The maximum absolute atomic E-state index is 5.06. The Balaban J connectivity index is 1.65. The van der Waals surface area contributed by atoms with Crippen molar-refractivity contribution in [2.75, 3.05) is 38.1 Å². The Labute approximate surface area is 166 Å². The topological polar surface area (TPSA) is 71.2 Å². The standard InChI is InChI=1S/C21H28N6O/c1-5-27(6-2)13-7-12-26(4)18-8-9-19(23-15-18)20-14-17(10-11-22-20)21-24-16(3)28-25-21/h8-11,14-15H,5-7,12-13H2,1-4H3. The molecule has 28 heavy (non-hydrogen) atoms. The van der Waals surface area contributed by atoms with Gasteiger partial charge in [-0.3, -0.25) is 9.97 Å². The minimum Gasteiger partial charge on any atom is -0.373 e. The summed E-state index contributed by atoms with van der Waals surface area (Å²) < 4.78 is 5.06. The van der Waals surface area contributed by atoms with Crippen molar-refractivity contribution in [3.63, 3.8) is 0 Å². The molecule has 0 aliphatic carbocycles. The second-order valence-electron chi connectivity index (χ2n) is 6.77. The number of pyridine rings is 2. The smallest absolute Gasteiger partial charge is 0.223 e. The fraction of sp³-hybridized carbons (Fsp3) is 0.429. The summed E-state index contributed by atoms with van der Waals surface area (Å²) >= 11 is 0. The molecule has 0 saturated carbocycles. The molecule has 0 aliphatic rings. The van der Waals surface area contributed by atoms with Gasteiger partial charge in [0.2, 0.25) is 11.7 Å². The lowest BCUT2D eigenvalue weighted by Gasteiger charge is -2.22. The number of hydrogen-bond donors (Lipinski definition) is 0. The van der Waals surface area contributed by atoms with Crippen molar-refractivity contribution in [1.29, 1.82) is 0 Å². The molecule has 0 radical (unpaired) electrons. The molecule has 3 heterocycles. The van der Waals surface area contributed by atoms with E-state index < -0.39 is 0 Å². The molecule has 3 aromatic heterocycles. The van der Waals surface area contributed by atoms with Crippen LogP contribution in [-0.2, 0) is 0 Å². The van der Waals surface area contributed by atoms with E-state index in [9.17, 15) is 0 Å². The molecule has 3 rings (SSSR count). The van der Waals surface area contributed by atoms with Crippen LogP contribution >= 0.6 is 0 Å². The van der Waals surface area contributed by atoms with Crippen molar-refractivity contribution in [2.24, 2.45) is 0 Å². The first-order chi connectivity index (χ1) is 13.6. The average molecular weight is 380 g/mol. The third kappa shape index (κ3) is 4.92. The summed E-state index contributed by atoms with van der Waals surface area (Å²) in [6.45, 7) is 10.5. The summed E-state index contributed by atoms with van der Waals surface area (Å²) in [6, 6.07) is 7.89. The van der Waals surface area contributed by atoms with Gasteiger partial charge in [0.25, 0.3) is 0 Å². The molecule has 0 aliphatic heterocycles. The average Bonchev–Trinajstić information content (AvgIpc) is 3.18. The fourth-order valence-corrected chi connectivity index (χ4v) is 3.09. The van der Waals surface area contributed by atoms with Gasteiger partial charge in [-0.05, 0) is 50.3 Å². The highest BCUT2D eigenvalue weighted by Gasteiger charge is 2.10. The monoisotopic (exact) mass is 380 g/mol. The highest BCUT2D eigenvalue weighted by molar-refractivity contribution is 5.65. The highest BCUT2D eigenvalue weighted by atomic mass is 16.5. The lowest BCUT2D eigenvalue weighted by Crippen LogP contribution is -2.28. The maximum Gasteiger partial charge on any atom is 0.223 e. The first-order valence-electron chi connectivity index (χ1n) is 9.77. The summed E-state index contributed by atoms with van der Waals surface area (Å²) in [6.07, 6.45) is 4.78. The largest absolute Gasteiger partial charge is 0.373 e. The molecule has 0 spiro atoms. The number of aryl methyl sites for hydroxylation is 1. The van der Waals surface area contributed by atoms with Gasteiger partial charge in [0, 0.05) is 32.3 Å². The summed E-state index contributed by atoms with van der Waals surface area (Å²) in [5.41, 5.74) is 3.58. The number of rotatable bonds is 9. The Kier molecular flexibility index (Phi) is 6.71. The minimum atomic E-state index is 0.542. The van der Waals surface area contributed by atoms with E-state index in [2.05, 4.69) is 56.9 Å². The molecule has 0 fully saturated rings. The van der Waals surface area contributed by atoms with Crippen LogP contribution in [0.1, 0.15) is 26.2 Å². The van der Waals surface area contributed by atoms with E-state index >= 15 is 0 Å². The van der Waals surface area contributed by atoms with Crippen molar-refractivity contribution in [2.45, 2.75) is 27.2 Å². The summed E-state index contributed by atoms with van der Waals surface area (Å²) in [7, 11) is 2.11. The van der Waals surface area contributed by atoms with Gasteiger partial charge in [-0.25, -0.2) is 0 Å². The second-order valence-corrected chi connectivity index (χ2v) is 6.77. The zero-order valence-electron chi connectivity index (χ0n) is 17.1. The van der Waals surface area contributed by atoms with Crippen molar-refractivity contribution >= 4 is 5.69 Å². The number of hydrogen-bond acceptors (Lipinski definition) is 7. The van der Waals surface area contributed by atoms with E-state index in [1.807, 2.05) is 24.4 Å². The van der Waals surface area contributed by atoms with Crippen LogP contribution in [-0.4, -0.2) is 58.2 Å². The van der Waals surface area contributed by atoms with Gasteiger partial charge in [-0.2, -0.15) is 4.98 Å². The molecule has 0 amide bonds.